The Balaban J connectivity index is 2.45. The number of rotatable bonds is 6. The van der Waals surface area contributed by atoms with Crippen LogP contribution < -0.4 is 0 Å². The minimum Gasteiger partial charge on any atom is -0.370 e. The molecule has 1 aliphatic rings. The van der Waals surface area contributed by atoms with Crippen molar-refractivity contribution in [2.45, 2.75) is 79.8 Å². The highest BCUT2D eigenvalue weighted by Gasteiger charge is 2.24. The summed E-state index contributed by atoms with van der Waals surface area (Å²) in [6, 6.07) is 0. The Morgan fingerprint density at radius 2 is 1.86 bits per heavy atom. The molecule has 0 bridgehead atoms. The molecule has 0 aliphatic heterocycles. The fourth-order valence-electron chi connectivity index (χ4n) is 2.93. The summed E-state index contributed by atoms with van der Waals surface area (Å²) in [6.07, 6.45) is 10.9. The summed E-state index contributed by atoms with van der Waals surface area (Å²) in [4.78, 5) is 0. The van der Waals surface area contributed by atoms with Crippen molar-refractivity contribution < 1.29 is 4.74 Å². The quantitative estimate of drug-likeness (QED) is 0.527. The van der Waals surface area contributed by atoms with E-state index in [1.54, 1.807) is 5.57 Å². The van der Waals surface area contributed by atoms with Crippen LogP contribution in [0.3, 0.4) is 0 Å². The van der Waals surface area contributed by atoms with E-state index in [1.165, 1.54) is 36.0 Å². The highest BCUT2D eigenvalue weighted by atomic mass is 16.5. The van der Waals surface area contributed by atoms with Gasteiger partial charge >= 0.3 is 0 Å². The first-order valence-electron chi connectivity index (χ1n) is 8.47. The topological polar surface area (TPSA) is 9.23 Å². The van der Waals surface area contributed by atoms with Gasteiger partial charge in [-0.2, -0.15) is 0 Å². The molecule has 1 unspecified atom stereocenters. The SMILES string of the molecule is CC(C)=CCC/C(C)=C/COC1C[C@H](C)CCC1=C(C)C. The molecule has 0 aromatic carbocycles. The van der Waals surface area contributed by atoms with Crippen LogP contribution in [-0.2, 0) is 4.74 Å². The molecule has 0 aromatic rings. The van der Waals surface area contributed by atoms with Crippen molar-refractivity contribution in [1.29, 1.82) is 0 Å². The van der Waals surface area contributed by atoms with Crippen LogP contribution in [0.5, 0.6) is 0 Å². The molecule has 2 atom stereocenters. The second-order valence-corrected chi connectivity index (χ2v) is 7.10. The first-order valence-corrected chi connectivity index (χ1v) is 8.47. The van der Waals surface area contributed by atoms with Crippen LogP contribution in [-0.4, -0.2) is 12.7 Å². The van der Waals surface area contributed by atoms with Gasteiger partial charge in [0.2, 0.25) is 0 Å². The zero-order valence-electron chi connectivity index (χ0n) is 15.0. The largest absolute Gasteiger partial charge is 0.370 e. The van der Waals surface area contributed by atoms with E-state index in [1.807, 2.05) is 0 Å². The molecular formula is C20H34O. The predicted molar refractivity (Wildman–Crippen MR) is 93.6 cm³/mol. The maximum Gasteiger partial charge on any atom is 0.0794 e. The van der Waals surface area contributed by atoms with Crippen molar-refractivity contribution in [3.05, 3.63) is 34.4 Å². The zero-order valence-corrected chi connectivity index (χ0v) is 15.0. The fraction of sp³-hybridized carbons (Fsp3) is 0.700. The van der Waals surface area contributed by atoms with Crippen LogP contribution in [0.2, 0.25) is 0 Å². The van der Waals surface area contributed by atoms with Crippen molar-refractivity contribution >= 4 is 0 Å². The van der Waals surface area contributed by atoms with Gasteiger partial charge in [-0.3, -0.25) is 0 Å². The molecule has 21 heavy (non-hydrogen) atoms. The van der Waals surface area contributed by atoms with E-state index in [0.29, 0.717) is 6.10 Å². The Morgan fingerprint density at radius 1 is 1.14 bits per heavy atom. The molecule has 0 aromatic heterocycles. The van der Waals surface area contributed by atoms with Crippen molar-refractivity contribution in [2.24, 2.45) is 5.92 Å². The minimum absolute atomic E-state index is 0.348. The Morgan fingerprint density at radius 3 is 2.48 bits per heavy atom. The summed E-state index contributed by atoms with van der Waals surface area (Å²) < 4.78 is 6.18. The van der Waals surface area contributed by atoms with Gasteiger partial charge in [0.25, 0.3) is 0 Å². The third-order valence-corrected chi connectivity index (χ3v) is 4.37. The van der Waals surface area contributed by atoms with Gasteiger partial charge in [-0.25, -0.2) is 0 Å². The minimum atomic E-state index is 0.348. The van der Waals surface area contributed by atoms with Crippen LogP contribution in [0.15, 0.2) is 34.4 Å². The van der Waals surface area contributed by atoms with Crippen molar-refractivity contribution in [3.63, 3.8) is 0 Å². The van der Waals surface area contributed by atoms with Gasteiger partial charge in [-0.05, 0) is 78.2 Å². The van der Waals surface area contributed by atoms with Gasteiger partial charge in [0, 0.05) is 0 Å². The van der Waals surface area contributed by atoms with Gasteiger partial charge in [0.1, 0.15) is 0 Å². The lowest BCUT2D eigenvalue weighted by molar-refractivity contribution is 0.0664. The highest BCUT2D eigenvalue weighted by Crippen LogP contribution is 2.32. The molecule has 0 heterocycles. The number of ether oxygens (including phenoxy) is 1. The molecule has 0 saturated heterocycles. The van der Waals surface area contributed by atoms with Gasteiger partial charge in [0.15, 0.2) is 0 Å². The van der Waals surface area contributed by atoms with Crippen LogP contribution >= 0.6 is 0 Å². The van der Waals surface area contributed by atoms with Gasteiger partial charge < -0.3 is 4.74 Å². The first-order chi connectivity index (χ1) is 9.90. The standard InChI is InChI=1S/C20H34O/c1-15(2)8-7-9-17(5)12-13-21-20-14-18(6)10-11-19(20)16(3)4/h8,12,18,20H,7,9-11,13-14H2,1-6H3/b17-12+/t18-,20?/m1/s1. The maximum absolute atomic E-state index is 6.18. The average Bonchev–Trinajstić information content (AvgIpc) is 2.38. The molecule has 1 heteroatoms. The molecule has 0 radical (unpaired) electrons. The Labute approximate surface area is 132 Å². The van der Waals surface area contributed by atoms with Crippen LogP contribution in [0.1, 0.15) is 73.6 Å². The van der Waals surface area contributed by atoms with Gasteiger partial charge in [-0.15, -0.1) is 0 Å². The van der Waals surface area contributed by atoms with Crippen molar-refractivity contribution in [3.8, 4) is 0 Å². The second-order valence-electron chi connectivity index (χ2n) is 7.10. The average molecular weight is 290 g/mol. The van der Waals surface area contributed by atoms with E-state index in [4.69, 9.17) is 4.74 Å². The Kier molecular flexibility index (Phi) is 8.03. The lowest BCUT2D eigenvalue weighted by atomic mass is 9.83. The second kappa shape index (κ2) is 9.25. The fourth-order valence-corrected chi connectivity index (χ4v) is 2.93. The van der Waals surface area contributed by atoms with Crippen molar-refractivity contribution in [1.82, 2.24) is 0 Å². The van der Waals surface area contributed by atoms with Crippen LogP contribution in [0.4, 0.5) is 0 Å². The molecule has 0 N–H and O–H groups in total. The summed E-state index contributed by atoms with van der Waals surface area (Å²) in [6.45, 7) is 14.1. The van der Waals surface area contributed by atoms with Gasteiger partial charge in [0.05, 0.1) is 12.7 Å². The lowest BCUT2D eigenvalue weighted by Gasteiger charge is -2.30. The molecule has 1 fully saturated rings. The molecule has 0 spiro atoms. The molecular weight excluding hydrogens is 256 g/mol. The molecule has 1 aliphatic carbocycles. The first kappa shape index (κ1) is 18.2. The van der Waals surface area contributed by atoms with E-state index >= 15 is 0 Å². The normalized spacial score (nSPS) is 23.1. The summed E-state index contributed by atoms with van der Waals surface area (Å²) in [5.41, 5.74) is 5.85. The van der Waals surface area contributed by atoms with Crippen LogP contribution in [0.25, 0.3) is 0 Å². The molecule has 1 nitrogen and oxygen atoms in total. The lowest BCUT2D eigenvalue weighted by Crippen LogP contribution is -2.25. The van der Waals surface area contributed by atoms with E-state index in [0.717, 1.165) is 25.4 Å². The third-order valence-electron chi connectivity index (χ3n) is 4.37. The molecule has 1 rings (SSSR count). The van der Waals surface area contributed by atoms with Gasteiger partial charge in [-0.1, -0.05) is 35.8 Å². The van der Waals surface area contributed by atoms with E-state index in [-0.39, 0.29) is 0 Å². The summed E-state index contributed by atoms with van der Waals surface area (Å²) in [5.74, 6) is 0.792. The maximum atomic E-state index is 6.18. The molecule has 0 amide bonds. The molecule has 1 saturated carbocycles. The highest BCUT2D eigenvalue weighted by molar-refractivity contribution is 5.17. The zero-order chi connectivity index (χ0) is 15.8. The summed E-state index contributed by atoms with van der Waals surface area (Å²) in [7, 11) is 0. The van der Waals surface area contributed by atoms with Crippen LogP contribution in [0, 0.1) is 5.92 Å². The van der Waals surface area contributed by atoms with E-state index in [2.05, 4.69) is 53.7 Å². The number of hydrogen-bond donors (Lipinski definition) is 0. The van der Waals surface area contributed by atoms with E-state index in [9.17, 15) is 0 Å². The van der Waals surface area contributed by atoms with E-state index < -0.39 is 0 Å². The Bertz CT molecular complexity index is 404. The number of hydrogen-bond acceptors (Lipinski definition) is 1. The predicted octanol–water partition coefficient (Wildman–Crippen LogP) is 6.22. The smallest absolute Gasteiger partial charge is 0.0794 e. The third kappa shape index (κ3) is 7.13. The van der Waals surface area contributed by atoms with Crippen molar-refractivity contribution in [2.75, 3.05) is 6.61 Å². The Hall–Kier alpha value is -0.820. The molecule has 120 valence electrons. The summed E-state index contributed by atoms with van der Waals surface area (Å²) in [5, 5.41) is 0. The summed E-state index contributed by atoms with van der Waals surface area (Å²) >= 11 is 0. The monoisotopic (exact) mass is 290 g/mol. The number of allylic oxidation sites excluding steroid dienone is 4.